The Balaban J connectivity index is 2.00. The lowest BCUT2D eigenvalue weighted by atomic mass is 10.1. The van der Waals surface area contributed by atoms with Gasteiger partial charge in [0.15, 0.2) is 11.5 Å². The number of ether oxygens (including phenoxy) is 2. The van der Waals surface area contributed by atoms with Crippen LogP contribution in [0.3, 0.4) is 0 Å². The summed E-state index contributed by atoms with van der Waals surface area (Å²) in [5.74, 6) is -1.09. The lowest BCUT2D eigenvalue weighted by Crippen LogP contribution is -2.14. The lowest BCUT2D eigenvalue weighted by Gasteiger charge is -2.15. The maximum absolute atomic E-state index is 12.8. The van der Waals surface area contributed by atoms with Crippen molar-refractivity contribution in [1.82, 2.24) is 9.78 Å². The molecule has 0 spiro atoms. The molecule has 1 heterocycles. The van der Waals surface area contributed by atoms with Gasteiger partial charge in [0, 0.05) is 0 Å². The zero-order chi connectivity index (χ0) is 20.3. The number of carboxylic acid groups (broad SMARTS) is 1. The summed E-state index contributed by atoms with van der Waals surface area (Å²) < 4.78 is 39.6. The van der Waals surface area contributed by atoms with Crippen LogP contribution in [0.5, 0.6) is 11.5 Å². The molecular weight excluding hydrogens is 386 g/mol. The van der Waals surface area contributed by atoms with E-state index in [0.717, 1.165) is 6.07 Å². The molecule has 2 N–H and O–H groups in total. The van der Waals surface area contributed by atoms with E-state index in [2.05, 4.69) is 9.82 Å². The molecule has 0 aliphatic heterocycles. The molecule has 9 nitrogen and oxygen atoms in total. The third-order valence-corrected chi connectivity index (χ3v) is 5.18. The minimum absolute atomic E-state index is 0.0616. The van der Waals surface area contributed by atoms with Crippen molar-refractivity contribution in [2.75, 3.05) is 18.9 Å². The van der Waals surface area contributed by atoms with Crippen LogP contribution in [-0.2, 0) is 10.0 Å². The van der Waals surface area contributed by atoms with E-state index in [1.54, 1.807) is 24.3 Å². The largest absolute Gasteiger partial charge is 0.493 e. The van der Waals surface area contributed by atoms with E-state index in [4.69, 9.17) is 9.47 Å². The summed E-state index contributed by atoms with van der Waals surface area (Å²) in [5.41, 5.74) is 0.470. The molecule has 3 rings (SSSR count). The first-order chi connectivity index (χ1) is 13.4. The first kappa shape index (κ1) is 19.2. The Labute approximate surface area is 161 Å². The summed E-state index contributed by atoms with van der Waals surface area (Å²) in [4.78, 5) is 11.2. The van der Waals surface area contributed by atoms with Gasteiger partial charge < -0.3 is 14.6 Å². The fourth-order valence-electron chi connectivity index (χ4n) is 2.53. The van der Waals surface area contributed by atoms with Gasteiger partial charge in [0.25, 0.3) is 10.0 Å². The van der Waals surface area contributed by atoms with Crippen LogP contribution >= 0.6 is 0 Å². The van der Waals surface area contributed by atoms with Gasteiger partial charge in [0.1, 0.15) is 4.90 Å². The third-order valence-electron chi connectivity index (χ3n) is 3.86. The first-order valence-corrected chi connectivity index (χ1v) is 9.46. The number of aromatic nitrogens is 2. The number of hydrogen-bond acceptors (Lipinski definition) is 6. The number of methoxy groups -OCH3 is 2. The van der Waals surface area contributed by atoms with E-state index < -0.39 is 16.0 Å². The predicted octanol–water partition coefficient (Wildman–Crippen LogP) is 2.39. The quantitative estimate of drug-likeness (QED) is 0.621. The Morgan fingerprint density at radius 3 is 2.46 bits per heavy atom. The molecule has 0 saturated carbocycles. The average Bonchev–Trinajstić information content (AvgIpc) is 3.19. The Bertz CT molecular complexity index is 1110. The van der Waals surface area contributed by atoms with E-state index in [1.807, 2.05) is 6.07 Å². The van der Waals surface area contributed by atoms with E-state index in [9.17, 15) is 18.3 Å². The molecule has 0 radical (unpaired) electrons. The van der Waals surface area contributed by atoms with Crippen molar-refractivity contribution in [3.63, 3.8) is 0 Å². The van der Waals surface area contributed by atoms with Crippen LogP contribution in [-0.4, -0.2) is 43.5 Å². The summed E-state index contributed by atoms with van der Waals surface area (Å²) in [6.07, 6.45) is 2.54. The summed E-state index contributed by atoms with van der Waals surface area (Å²) >= 11 is 0. The number of nitrogens with zero attached hydrogens (tertiary/aromatic N) is 2. The van der Waals surface area contributed by atoms with Crippen LogP contribution in [0.25, 0.3) is 5.69 Å². The highest BCUT2D eigenvalue weighted by molar-refractivity contribution is 7.92. The van der Waals surface area contributed by atoms with Crippen LogP contribution in [0, 0.1) is 0 Å². The molecule has 0 atom stereocenters. The number of para-hydroxylation sites is 1. The first-order valence-electron chi connectivity index (χ1n) is 7.98. The van der Waals surface area contributed by atoms with Crippen molar-refractivity contribution in [1.29, 1.82) is 0 Å². The van der Waals surface area contributed by atoms with E-state index >= 15 is 0 Å². The minimum Gasteiger partial charge on any atom is -0.493 e. The second-order valence-electron chi connectivity index (χ2n) is 5.63. The summed E-state index contributed by atoms with van der Waals surface area (Å²) in [6.45, 7) is 0. The Morgan fingerprint density at radius 1 is 1.14 bits per heavy atom. The zero-order valence-electron chi connectivity index (χ0n) is 15.0. The molecule has 1 aromatic heterocycles. The zero-order valence-corrected chi connectivity index (χ0v) is 15.8. The topological polar surface area (TPSA) is 120 Å². The molecule has 3 aromatic rings. The molecule has 0 bridgehead atoms. The molecule has 0 unspecified atom stereocenters. The normalized spacial score (nSPS) is 11.1. The molecule has 0 amide bonds. The van der Waals surface area contributed by atoms with Gasteiger partial charge in [-0.25, -0.2) is 17.9 Å². The number of aromatic carboxylic acids is 1. The second kappa shape index (κ2) is 7.61. The standard InChI is InChI=1S/C18H17N3O6S/c1-26-16-9-12(18(22)23)8-15(17(16)27-2)20-28(24,25)14-10-19-21(11-14)13-6-4-3-5-7-13/h3-11,20H,1-2H3,(H,22,23). The number of anilines is 1. The summed E-state index contributed by atoms with van der Waals surface area (Å²) in [7, 11) is -1.41. The molecule has 146 valence electrons. The molecule has 0 aliphatic rings. The van der Waals surface area contributed by atoms with Gasteiger partial charge in [-0.3, -0.25) is 4.72 Å². The maximum atomic E-state index is 12.8. The summed E-state index contributed by atoms with van der Waals surface area (Å²) in [5, 5.41) is 13.3. The fourth-order valence-corrected chi connectivity index (χ4v) is 3.52. The van der Waals surface area contributed by atoms with Crippen LogP contribution in [0.1, 0.15) is 10.4 Å². The van der Waals surface area contributed by atoms with Gasteiger partial charge in [0.05, 0.1) is 43.6 Å². The van der Waals surface area contributed by atoms with Crippen LogP contribution < -0.4 is 14.2 Å². The second-order valence-corrected chi connectivity index (χ2v) is 7.31. The van der Waals surface area contributed by atoms with Gasteiger partial charge in [-0.1, -0.05) is 18.2 Å². The van der Waals surface area contributed by atoms with Gasteiger partial charge in [0.2, 0.25) is 0 Å². The Kier molecular flexibility index (Phi) is 5.23. The third kappa shape index (κ3) is 3.76. The number of nitrogens with one attached hydrogen (secondary N) is 1. The maximum Gasteiger partial charge on any atom is 0.335 e. The lowest BCUT2D eigenvalue weighted by molar-refractivity contribution is 0.0696. The van der Waals surface area contributed by atoms with E-state index in [0.29, 0.717) is 5.69 Å². The van der Waals surface area contributed by atoms with Crippen LogP contribution in [0.4, 0.5) is 5.69 Å². The molecule has 2 aromatic carbocycles. The highest BCUT2D eigenvalue weighted by Gasteiger charge is 2.23. The Morgan fingerprint density at radius 2 is 1.86 bits per heavy atom. The van der Waals surface area contributed by atoms with Crippen LogP contribution in [0.15, 0.2) is 59.8 Å². The van der Waals surface area contributed by atoms with Gasteiger partial charge in [-0.15, -0.1) is 0 Å². The summed E-state index contributed by atoms with van der Waals surface area (Å²) in [6, 6.07) is 11.4. The van der Waals surface area contributed by atoms with E-state index in [-0.39, 0.29) is 27.6 Å². The van der Waals surface area contributed by atoms with Crippen molar-refractivity contribution >= 4 is 21.7 Å². The number of benzene rings is 2. The molecule has 0 fully saturated rings. The highest BCUT2D eigenvalue weighted by atomic mass is 32.2. The number of hydrogen-bond donors (Lipinski definition) is 2. The van der Waals surface area contributed by atoms with Crippen LogP contribution in [0.2, 0.25) is 0 Å². The molecule has 10 heteroatoms. The molecule has 0 saturated heterocycles. The average molecular weight is 403 g/mol. The minimum atomic E-state index is -4.06. The fraction of sp³-hybridized carbons (Fsp3) is 0.111. The van der Waals surface area contributed by atoms with Crippen molar-refractivity contribution in [2.24, 2.45) is 0 Å². The van der Waals surface area contributed by atoms with Crippen molar-refractivity contribution in [3.8, 4) is 17.2 Å². The number of sulfonamides is 1. The monoisotopic (exact) mass is 403 g/mol. The SMILES string of the molecule is COc1cc(C(=O)O)cc(NS(=O)(=O)c2cnn(-c3ccccc3)c2)c1OC. The molecule has 28 heavy (non-hydrogen) atoms. The number of carbonyl (C=O) groups is 1. The van der Waals surface area contributed by atoms with Crippen molar-refractivity contribution < 1.29 is 27.8 Å². The van der Waals surface area contributed by atoms with Crippen molar-refractivity contribution in [3.05, 3.63) is 60.4 Å². The smallest absolute Gasteiger partial charge is 0.335 e. The Hall–Kier alpha value is -3.53. The van der Waals surface area contributed by atoms with E-state index in [1.165, 1.54) is 37.4 Å². The highest BCUT2D eigenvalue weighted by Crippen LogP contribution is 2.37. The van der Waals surface area contributed by atoms with Gasteiger partial charge in [-0.05, 0) is 24.3 Å². The number of rotatable bonds is 7. The molecule has 0 aliphatic carbocycles. The van der Waals surface area contributed by atoms with Crippen molar-refractivity contribution in [2.45, 2.75) is 4.90 Å². The number of carboxylic acids is 1. The molecular formula is C18H17N3O6S. The predicted molar refractivity (Wildman–Crippen MR) is 101 cm³/mol. The van der Waals surface area contributed by atoms with Gasteiger partial charge >= 0.3 is 5.97 Å². The van der Waals surface area contributed by atoms with Gasteiger partial charge in [-0.2, -0.15) is 5.10 Å².